The Balaban J connectivity index is 2.92. The van der Waals surface area contributed by atoms with Crippen molar-refractivity contribution in [1.29, 1.82) is 0 Å². The molecule has 0 amide bonds. The third-order valence-electron chi connectivity index (χ3n) is 4.20. The van der Waals surface area contributed by atoms with Crippen LogP contribution in [0.2, 0.25) is 0 Å². The van der Waals surface area contributed by atoms with Crippen LogP contribution in [0.3, 0.4) is 0 Å². The number of hydrogen-bond acceptors (Lipinski definition) is 4. The number of carbonyl (C=O) groups excluding carboxylic acids is 2. The van der Waals surface area contributed by atoms with Gasteiger partial charge >= 0.3 is 11.9 Å². The van der Waals surface area contributed by atoms with E-state index in [-0.39, 0.29) is 17.9 Å². The molecule has 0 bridgehead atoms. The first-order chi connectivity index (χ1) is 12.7. The first-order valence-corrected chi connectivity index (χ1v) is 9.29. The lowest BCUT2D eigenvalue weighted by Crippen LogP contribution is -2.31. The zero-order valence-electron chi connectivity index (χ0n) is 17.4. The number of halogens is 3. The van der Waals surface area contributed by atoms with Crippen LogP contribution in [0, 0.1) is 29.3 Å². The smallest absolute Gasteiger partial charge is 0.309 e. The van der Waals surface area contributed by atoms with Gasteiger partial charge in [0, 0.05) is 23.6 Å². The highest BCUT2D eigenvalue weighted by atomic mass is 19.1. The van der Waals surface area contributed by atoms with Gasteiger partial charge in [-0.1, -0.05) is 20.8 Å². The van der Waals surface area contributed by atoms with Crippen LogP contribution < -0.4 is 0 Å². The summed E-state index contributed by atoms with van der Waals surface area (Å²) in [5, 5.41) is 0. The van der Waals surface area contributed by atoms with Crippen LogP contribution in [0.5, 0.6) is 0 Å². The van der Waals surface area contributed by atoms with E-state index in [0.717, 1.165) is 0 Å². The third kappa shape index (κ3) is 6.84. The number of rotatable bonds is 7. The van der Waals surface area contributed by atoms with Crippen LogP contribution in [0.25, 0.3) is 0 Å². The topological polar surface area (TPSA) is 52.6 Å². The van der Waals surface area contributed by atoms with Gasteiger partial charge in [0.25, 0.3) is 0 Å². The fourth-order valence-corrected chi connectivity index (χ4v) is 3.07. The molecule has 0 aromatic heterocycles. The van der Waals surface area contributed by atoms with Crippen molar-refractivity contribution < 1.29 is 32.2 Å². The predicted molar refractivity (Wildman–Crippen MR) is 99.1 cm³/mol. The summed E-state index contributed by atoms with van der Waals surface area (Å²) in [6.45, 7) is 11.6. The SMILES string of the molecule is CC(C)[C@@H](c1c(F)cc(F)cc1F)[C@H](C)OC(=O)[C@H](C)CC(=O)OC(C)(C)C. The summed E-state index contributed by atoms with van der Waals surface area (Å²) < 4.78 is 52.2. The second-order valence-corrected chi connectivity index (χ2v) is 8.39. The summed E-state index contributed by atoms with van der Waals surface area (Å²) in [5.41, 5.74) is -0.995. The van der Waals surface area contributed by atoms with Crippen LogP contribution in [0.4, 0.5) is 13.2 Å². The van der Waals surface area contributed by atoms with Gasteiger partial charge in [0.2, 0.25) is 0 Å². The van der Waals surface area contributed by atoms with Crippen LogP contribution in [-0.2, 0) is 19.1 Å². The van der Waals surface area contributed by atoms with Gasteiger partial charge in [-0.15, -0.1) is 0 Å². The molecule has 158 valence electrons. The van der Waals surface area contributed by atoms with E-state index in [1.54, 1.807) is 34.6 Å². The maximum absolute atomic E-state index is 14.2. The molecule has 0 unspecified atom stereocenters. The molecule has 0 radical (unpaired) electrons. The van der Waals surface area contributed by atoms with Crippen molar-refractivity contribution >= 4 is 11.9 Å². The molecule has 28 heavy (non-hydrogen) atoms. The lowest BCUT2D eigenvalue weighted by Gasteiger charge is -2.29. The molecule has 0 aliphatic carbocycles. The van der Waals surface area contributed by atoms with Crippen molar-refractivity contribution in [2.75, 3.05) is 0 Å². The zero-order valence-corrected chi connectivity index (χ0v) is 17.4. The highest BCUT2D eigenvalue weighted by Crippen LogP contribution is 2.34. The zero-order chi connectivity index (χ0) is 21.8. The van der Waals surface area contributed by atoms with Crippen molar-refractivity contribution in [2.24, 2.45) is 11.8 Å². The molecule has 0 saturated heterocycles. The normalized spacial score (nSPS) is 15.1. The minimum absolute atomic E-state index is 0.172. The van der Waals surface area contributed by atoms with E-state index in [1.807, 2.05) is 0 Å². The van der Waals surface area contributed by atoms with Crippen molar-refractivity contribution in [3.8, 4) is 0 Å². The lowest BCUT2D eigenvalue weighted by molar-refractivity contribution is -0.163. The minimum atomic E-state index is -1.03. The minimum Gasteiger partial charge on any atom is -0.462 e. The van der Waals surface area contributed by atoms with Crippen molar-refractivity contribution in [1.82, 2.24) is 0 Å². The molecule has 1 aromatic rings. The molecule has 0 aliphatic rings. The Morgan fingerprint density at radius 2 is 1.50 bits per heavy atom. The lowest BCUT2D eigenvalue weighted by atomic mass is 9.83. The summed E-state index contributed by atoms with van der Waals surface area (Å²) in [7, 11) is 0. The Morgan fingerprint density at radius 3 is 1.93 bits per heavy atom. The Morgan fingerprint density at radius 1 is 1.00 bits per heavy atom. The first kappa shape index (κ1) is 24.0. The van der Waals surface area contributed by atoms with E-state index in [4.69, 9.17) is 9.47 Å². The van der Waals surface area contributed by atoms with E-state index in [9.17, 15) is 22.8 Å². The highest BCUT2D eigenvalue weighted by molar-refractivity contribution is 5.80. The number of carbonyl (C=O) groups is 2. The molecule has 0 fully saturated rings. The van der Waals surface area contributed by atoms with E-state index in [1.165, 1.54) is 13.8 Å². The van der Waals surface area contributed by atoms with Gasteiger partial charge in [-0.2, -0.15) is 0 Å². The molecule has 7 heteroatoms. The van der Waals surface area contributed by atoms with Gasteiger partial charge in [0.05, 0.1) is 12.3 Å². The maximum Gasteiger partial charge on any atom is 0.309 e. The van der Waals surface area contributed by atoms with Crippen LogP contribution >= 0.6 is 0 Å². The van der Waals surface area contributed by atoms with Crippen LogP contribution in [0.1, 0.15) is 66.4 Å². The Labute approximate surface area is 164 Å². The van der Waals surface area contributed by atoms with Crippen molar-refractivity contribution in [3.05, 3.63) is 35.1 Å². The highest BCUT2D eigenvalue weighted by Gasteiger charge is 2.33. The van der Waals surface area contributed by atoms with E-state index in [0.29, 0.717) is 12.1 Å². The predicted octanol–water partition coefficient (Wildman–Crippen LogP) is 5.14. The summed E-state index contributed by atoms with van der Waals surface area (Å²) in [6.07, 6.45) is -1.06. The monoisotopic (exact) mass is 402 g/mol. The Bertz CT molecular complexity index is 687. The largest absolute Gasteiger partial charge is 0.462 e. The van der Waals surface area contributed by atoms with Crippen molar-refractivity contribution in [3.63, 3.8) is 0 Å². The van der Waals surface area contributed by atoms with E-state index < -0.39 is 52.9 Å². The summed E-state index contributed by atoms with van der Waals surface area (Å²) in [5.74, 6) is -6.18. The maximum atomic E-state index is 14.2. The molecule has 0 spiro atoms. The second kappa shape index (κ2) is 9.43. The second-order valence-electron chi connectivity index (χ2n) is 8.39. The molecule has 4 nitrogen and oxygen atoms in total. The number of hydrogen-bond donors (Lipinski definition) is 0. The molecule has 0 saturated carbocycles. The van der Waals surface area contributed by atoms with Crippen LogP contribution in [0.15, 0.2) is 12.1 Å². The van der Waals surface area contributed by atoms with Gasteiger partial charge in [-0.25, -0.2) is 13.2 Å². The molecular formula is C21H29F3O4. The molecular weight excluding hydrogens is 373 g/mol. The quantitative estimate of drug-likeness (QED) is 0.593. The molecule has 1 rings (SSSR count). The van der Waals surface area contributed by atoms with Gasteiger partial charge in [-0.3, -0.25) is 9.59 Å². The fourth-order valence-electron chi connectivity index (χ4n) is 3.07. The van der Waals surface area contributed by atoms with Gasteiger partial charge in [0.15, 0.2) is 0 Å². The first-order valence-electron chi connectivity index (χ1n) is 9.29. The standard InChI is InChI=1S/C21H29F3O4/c1-11(2)18(19-15(23)9-14(22)10-16(19)24)13(4)27-20(26)12(3)8-17(25)28-21(5,6)7/h9-13,18H,8H2,1-7H3/t12-,13+,18-/m1/s1. The average Bonchev–Trinajstić information content (AvgIpc) is 2.47. The molecule has 0 heterocycles. The number of benzene rings is 1. The van der Waals surface area contributed by atoms with E-state index in [2.05, 4.69) is 0 Å². The van der Waals surface area contributed by atoms with Gasteiger partial charge in [0.1, 0.15) is 29.2 Å². The van der Waals surface area contributed by atoms with Crippen LogP contribution in [-0.4, -0.2) is 23.6 Å². The number of ether oxygens (including phenoxy) is 2. The summed E-state index contributed by atoms with van der Waals surface area (Å²) >= 11 is 0. The molecule has 1 aromatic carbocycles. The summed E-state index contributed by atoms with van der Waals surface area (Å²) in [4.78, 5) is 24.2. The van der Waals surface area contributed by atoms with E-state index >= 15 is 0 Å². The van der Waals surface area contributed by atoms with Gasteiger partial charge < -0.3 is 9.47 Å². The fraction of sp³-hybridized carbons (Fsp3) is 0.619. The Kier molecular flexibility index (Phi) is 8.08. The van der Waals surface area contributed by atoms with Crippen molar-refractivity contribution in [2.45, 2.75) is 72.5 Å². The molecule has 0 N–H and O–H groups in total. The Hall–Kier alpha value is -2.05. The number of esters is 2. The summed E-state index contributed by atoms with van der Waals surface area (Å²) in [6, 6.07) is 1.21. The third-order valence-corrected chi connectivity index (χ3v) is 4.20. The molecule has 3 atom stereocenters. The van der Waals surface area contributed by atoms with Gasteiger partial charge in [-0.05, 0) is 33.6 Å². The average molecular weight is 402 g/mol. The molecule has 0 aliphatic heterocycles.